The number of carbonyl (C=O) groups is 3. The van der Waals surface area contributed by atoms with Crippen LogP contribution < -0.4 is 14.8 Å². The van der Waals surface area contributed by atoms with E-state index in [9.17, 15) is 14.4 Å². The molecule has 1 aromatic rings. The molecule has 1 atom stereocenters. The summed E-state index contributed by atoms with van der Waals surface area (Å²) in [6.07, 6.45) is 1.22. The van der Waals surface area contributed by atoms with E-state index in [-0.39, 0.29) is 30.9 Å². The van der Waals surface area contributed by atoms with Crippen LogP contribution in [0.5, 0.6) is 11.5 Å². The van der Waals surface area contributed by atoms with Gasteiger partial charge in [-0.25, -0.2) is 4.79 Å². The highest BCUT2D eigenvalue weighted by atomic mass is 16.7. The van der Waals surface area contributed by atoms with E-state index in [0.29, 0.717) is 67.5 Å². The number of likely N-dealkylation sites (tertiary alicyclic amines) is 1. The van der Waals surface area contributed by atoms with E-state index in [0.717, 1.165) is 0 Å². The van der Waals surface area contributed by atoms with Crippen molar-refractivity contribution in [2.24, 2.45) is 0 Å². The molecule has 188 valence electrons. The molecule has 1 spiro atoms. The number of rotatable bonds is 5. The summed E-state index contributed by atoms with van der Waals surface area (Å²) >= 11 is 0. The number of urea groups is 1. The lowest BCUT2D eigenvalue weighted by atomic mass is 9.94. The Morgan fingerprint density at radius 3 is 2.51 bits per heavy atom. The minimum atomic E-state index is -0.724. The summed E-state index contributed by atoms with van der Waals surface area (Å²) in [5.41, 5.74) is 1.61. The highest BCUT2D eigenvalue weighted by Gasteiger charge is 2.45. The summed E-state index contributed by atoms with van der Waals surface area (Å²) < 4.78 is 22.4. The quantitative estimate of drug-likeness (QED) is 0.658. The molecule has 2 saturated heterocycles. The van der Waals surface area contributed by atoms with Crippen molar-refractivity contribution in [1.29, 1.82) is 0 Å². The summed E-state index contributed by atoms with van der Waals surface area (Å²) in [5.74, 6) is -0.0541. The molecule has 5 rings (SSSR count). The van der Waals surface area contributed by atoms with Crippen molar-refractivity contribution < 1.29 is 33.3 Å². The van der Waals surface area contributed by atoms with Crippen LogP contribution in [-0.2, 0) is 19.1 Å². The molecular weight excluding hydrogens is 456 g/mol. The Morgan fingerprint density at radius 1 is 1.14 bits per heavy atom. The van der Waals surface area contributed by atoms with Gasteiger partial charge in [0.05, 0.1) is 51.3 Å². The third-order valence-corrected chi connectivity index (χ3v) is 7.20. The molecule has 4 aliphatic heterocycles. The average molecular weight is 487 g/mol. The number of ether oxygens (including phenoxy) is 4. The highest BCUT2D eigenvalue weighted by molar-refractivity contribution is 6.03. The number of hydrogen-bond acceptors (Lipinski definition) is 7. The molecule has 1 aromatic carbocycles. The zero-order chi connectivity index (χ0) is 24.7. The van der Waals surface area contributed by atoms with Gasteiger partial charge >= 0.3 is 6.03 Å². The second kappa shape index (κ2) is 9.04. The summed E-state index contributed by atoms with van der Waals surface area (Å²) in [7, 11) is 4.66. The number of amides is 4. The van der Waals surface area contributed by atoms with Crippen molar-refractivity contribution in [3.8, 4) is 11.5 Å². The fraction of sp³-hybridized carbons (Fsp3) is 0.542. The first kappa shape index (κ1) is 23.4. The Morgan fingerprint density at radius 2 is 1.86 bits per heavy atom. The van der Waals surface area contributed by atoms with E-state index in [4.69, 9.17) is 18.9 Å². The fourth-order valence-corrected chi connectivity index (χ4v) is 5.27. The van der Waals surface area contributed by atoms with Gasteiger partial charge in [0.15, 0.2) is 17.3 Å². The van der Waals surface area contributed by atoms with Crippen LogP contribution >= 0.6 is 0 Å². The second-order valence-corrected chi connectivity index (χ2v) is 9.03. The predicted octanol–water partition coefficient (Wildman–Crippen LogP) is 0.862. The smallest absolute Gasteiger partial charge is 0.322 e. The van der Waals surface area contributed by atoms with E-state index in [1.54, 1.807) is 30.1 Å². The molecule has 11 nitrogen and oxygen atoms in total. The Balaban J connectivity index is 1.35. The summed E-state index contributed by atoms with van der Waals surface area (Å²) in [4.78, 5) is 44.1. The maximum absolute atomic E-state index is 13.6. The summed E-state index contributed by atoms with van der Waals surface area (Å²) in [5, 5.41) is 2.90. The third kappa shape index (κ3) is 3.98. The molecule has 4 amide bonds. The minimum Gasteiger partial charge on any atom is -0.493 e. The Bertz CT molecular complexity index is 1070. The first-order chi connectivity index (χ1) is 16.9. The van der Waals surface area contributed by atoms with E-state index in [1.807, 2.05) is 0 Å². The van der Waals surface area contributed by atoms with E-state index < -0.39 is 11.8 Å². The molecule has 1 unspecified atom stereocenters. The summed E-state index contributed by atoms with van der Waals surface area (Å²) in [6, 6.07) is 4.26. The van der Waals surface area contributed by atoms with Gasteiger partial charge < -0.3 is 34.1 Å². The number of piperidine rings is 1. The van der Waals surface area contributed by atoms with Crippen LogP contribution in [0.1, 0.15) is 24.4 Å². The van der Waals surface area contributed by atoms with Crippen LogP contribution in [0.4, 0.5) is 4.79 Å². The molecule has 35 heavy (non-hydrogen) atoms. The van der Waals surface area contributed by atoms with Gasteiger partial charge in [-0.05, 0) is 6.07 Å². The van der Waals surface area contributed by atoms with Crippen LogP contribution in [0.25, 0.3) is 0 Å². The van der Waals surface area contributed by atoms with Gasteiger partial charge in [-0.2, -0.15) is 0 Å². The van der Waals surface area contributed by atoms with Crippen LogP contribution in [0.3, 0.4) is 0 Å². The molecule has 4 aliphatic rings. The van der Waals surface area contributed by atoms with Gasteiger partial charge in [0.2, 0.25) is 5.91 Å². The second-order valence-electron chi connectivity index (χ2n) is 9.03. The van der Waals surface area contributed by atoms with Crippen molar-refractivity contribution >= 4 is 17.8 Å². The van der Waals surface area contributed by atoms with Gasteiger partial charge in [-0.1, -0.05) is 12.1 Å². The molecule has 0 aromatic heterocycles. The van der Waals surface area contributed by atoms with E-state index >= 15 is 0 Å². The maximum atomic E-state index is 13.6. The first-order valence-corrected chi connectivity index (χ1v) is 11.7. The molecule has 2 fully saturated rings. The van der Waals surface area contributed by atoms with Crippen molar-refractivity contribution in [2.45, 2.75) is 24.7 Å². The molecular formula is C24H30N4O7. The van der Waals surface area contributed by atoms with Gasteiger partial charge in [0.1, 0.15) is 6.54 Å². The largest absolute Gasteiger partial charge is 0.493 e. The zero-order valence-electron chi connectivity index (χ0n) is 20.2. The molecule has 0 radical (unpaired) electrons. The molecule has 11 heteroatoms. The van der Waals surface area contributed by atoms with Crippen LogP contribution in [0.15, 0.2) is 29.5 Å². The molecule has 0 saturated carbocycles. The van der Waals surface area contributed by atoms with E-state index in [2.05, 4.69) is 5.32 Å². The number of nitrogens with zero attached hydrogens (tertiary/aromatic N) is 3. The number of para-hydroxylation sites is 1. The van der Waals surface area contributed by atoms with Crippen LogP contribution in [-0.4, -0.2) is 99.0 Å². The fourth-order valence-electron chi connectivity index (χ4n) is 5.27. The number of nitrogens with one attached hydrogen (secondary N) is 1. The van der Waals surface area contributed by atoms with Gasteiger partial charge in [0.25, 0.3) is 5.91 Å². The third-order valence-electron chi connectivity index (χ3n) is 7.20. The van der Waals surface area contributed by atoms with Gasteiger partial charge in [-0.15, -0.1) is 0 Å². The molecule has 1 N–H and O–H groups in total. The Kier molecular flexibility index (Phi) is 6.06. The molecule has 0 aliphatic carbocycles. The maximum Gasteiger partial charge on any atom is 0.322 e. The number of carbonyl (C=O) groups excluding carboxylic acids is 3. The van der Waals surface area contributed by atoms with Crippen LogP contribution in [0, 0.1) is 0 Å². The lowest BCUT2D eigenvalue weighted by molar-refractivity contribution is -0.187. The van der Waals surface area contributed by atoms with Crippen molar-refractivity contribution in [3.05, 3.63) is 35.0 Å². The standard InChI is InChI=1S/C24H30N4O7/c1-26-16-13-28(14-18(29)27-9-7-24(8-10-27)34-11-12-35-24)22(30)19(16)20(25-23(26)31)15-5-4-6-17(32-2)21(15)33-3/h4-6,20H,7-14H2,1-3H3,(H,25,31). The Labute approximate surface area is 203 Å². The van der Waals surface area contributed by atoms with Crippen LogP contribution in [0.2, 0.25) is 0 Å². The lowest BCUT2D eigenvalue weighted by Crippen LogP contribution is -2.50. The number of methoxy groups -OCH3 is 2. The molecule has 4 heterocycles. The van der Waals surface area contributed by atoms with Crippen molar-refractivity contribution in [3.63, 3.8) is 0 Å². The summed E-state index contributed by atoms with van der Waals surface area (Å²) in [6.45, 7) is 2.29. The van der Waals surface area contributed by atoms with Gasteiger partial charge in [0, 0.05) is 38.5 Å². The number of hydrogen-bond donors (Lipinski definition) is 1. The molecule has 0 bridgehead atoms. The van der Waals surface area contributed by atoms with Gasteiger partial charge in [-0.3, -0.25) is 14.5 Å². The predicted molar refractivity (Wildman–Crippen MR) is 123 cm³/mol. The lowest BCUT2D eigenvalue weighted by Gasteiger charge is -2.38. The highest BCUT2D eigenvalue weighted by Crippen LogP contribution is 2.42. The monoisotopic (exact) mass is 486 g/mol. The number of benzene rings is 1. The Hall–Kier alpha value is -3.31. The average Bonchev–Trinajstić information content (AvgIpc) is 3.46. The van der Waals surface area contributed by atoms with E-state index in [1.165, 1.54) is 24.0 Å². The SMILES string of the molecule is COc1cccc(C2NC(=O)N(C)C3=C2C(=O)N(CC(=O)N2CCC4(CC2)OCCO4)C3)c1OC. The normalized spacial score (nSPS) is 23.6. The zero-order valence-corrected chi connectivity index (χ0v) is 20.2. The van der Waals surface area contributed by atoms with Crippen molar-refractivity contribution in [2.75, 3.05) is 60.7 Å². The van der Waals surface area contributed by atoms with Crippen molar-refractivity contribution in [1.82, 2.24) is 20.0 Å². The number of likely N-dealkylation sites (N-methyl/N-ethyl adjacent to an activating group) is 1. The first-order valence-electron chi connectivity index (χ1n) is 11.7. The topological polar surface area (TPSA) is 110 Å². The minimum absolute atomic E-state index is 0.0649.